The molecule has 2 rings (SSSR count). The Morgan fingerprint density at radius 1 is 1.22 bits per heavy atom. The molecule has 88 valence electrons. The number of carboxylic acid groups (broad SMARTS) is 1. The molecule has 1 N–H and O–H groups in total. The van der Waals surface area contributed by atoms with Gasteiger partial charge in [0.2, 0.25) is 0 Å². The summed E-state index contributed by atoms with van der Waals surface area (Å²) in [4.78, 5) is 14.5. The van der Waals surface area contributed by atoms with Crippen LogP contribution in [0.25, 0.3) is 0 Å². The molecule has 0 spiro atoms. The van der Waals surface area contributed by atoms with Crippen LogP contribution in [-0.2, 0) is 0 Å². The van der Waals surface area contributed by atoms with Gasteiger partial charge in [0, 0.05) is 12.3 Å². The third-order valence-corrected chi connectivity index (χ3v) is 2.18. The Hall–Kier alpha value is -2.87. The summed E-state index contributed by atoms with van der Waals surface area (Å²) in [5.74, 6) is -0.0167. The highest BCUT2D eigenvalue weighted by Crippen LogP contribution is 2.21. The van der Waals surface area contributed by atoms with Crippen molar-refractivity contribution in [1.82, 2.24) is 4.98 Å². The molecule has 0 unspecified atom stereocenters. The van der Waals surface area contributed by atoms with Crippen molar-refractivity contribution < 1.29 is 14.6 Å². The zero-order valence-electron chi connectivity index (χ0n) is 9.20. The van der Waals surface area contributed by atoms with Gasteiger partial charge >= 0.3 is 5.97 Å². The fraction of sp³-hybridized carbons (Fsp3) is 0. The number of rotatable bonds is 3. The summed E-state index contributed by atoms with van der Waals surface area (Å²) in [7, 11) is 0. The van der Waals surface area contributed by atoms with Crippen LogP contribution in [-0.4, -0.2) is 16.1 Å². The minimum atomic E-state index is -0.989. The minimum absolute atomic E-state index is 0.190. The van der Waals surface area contributed by atoms with Crippen LogP contribution in [0.2, 0.25) is 0 Å². The average molecular weight is 240 g/mol. The van der Waals surface area contributed by atoms with Gasteiger partial charge in [-0.05, 0) is 30.3 Å². The third-order valence-electron chi connectivity index (χ3n) is 2.18. The second-order valence-electron chi connectivity index (χ2n) is 3.42. The van der Waals surface area contributed by atoms with Gasteiger partial charge in [0.25, 0.3) is 0 Å². The zero-order valence-corrected chi connectivity index (χ0v) is 9.20. The Kier molecular flexibility index (Phi) is 3.21. The molecule has 18 heavy (non-hydrogen) atoms. The lowest BCUT2D eigenvalue weighted by Crippen LogP contribution is -1.95. The molecule has 0 radical (unpaired) electrons. The van der Waals surface area contributed by atoms with E-state index in [0.717, 1.165) is 0 Å². The Balaban J connectivity index is 2.18. The SMILES string of the molecule is N#Cc1cc(Oc2ccc(C(=O)O)cc2)ccn1. The van der Waals surface area contributed by atoms with E-state index in [2.05, 4.69) is 4.98 Å². The lowest BCUT2D eigenvalue weighted by molar-refractivity contribution is 0.0697. The smallest absolute Gasteiger partial charge is 0.335 e. The fourth-order valence-electron chi connectivity index (χ4n) is 1.34. The first kappa shape index (κ1) is 11.6. The maximum Gasteiger partial charge on any atom is 0.335 e. The highest BCUT2D eigenvalue weighted by Gasteiger charge is 2.03. The van der Waals surface area contributed by atoms with Crippen LogP contribution in [0.3, 0.4) is 0 Å². The fourth-order valence-corrected chi connectivity index (χ4v) is 1.34. The average Bonchev–Trinajstić information content (AvgIpc) is 2.39. The molecule has 0 saturated heterocycles. The number of pyridine rings is 1. The Bertz CT molecular complexity index is 615. The molecule has 2 aromatic rings. The van der Waals surface area contributed by atoms with E-state index in [1.165, 1.54) is 24.4 Å². The van der Waals surface area contributed by atoms with Crippen molar-refractivity contribution in [2.75, 3.05) is 0 Å². The number of aromatic carboxylic acids is 1. The first-order valence-corrected chi connectivity index (χ1v) is 5.06. The second-order valence-corrected chi connectivity index (χ2v) is 3.42. The molecule has 5 heteroatoms. The molecule has 0 bridgehead atoms. The number of ether oxygens (including phenoxy) is 1. The zero-order chi connectivity index (χ0) is 13.0. The second kappa shape index (κ2) is 4.97. The summed E-state index contributed by atoms with van der Waals surface area (Å²) in [5, 5.41) is 17.4. The molecule has 1 heterocycles. The van der Waals surface area contributed by atoms with Gasteiger partial charge < -0.3 is 9.84 Å². The summed E-state index contributed by atoms with van der Waals surface area (Å²) in [6.07, 6.45) is 1.47. The number of carboxylic acids is 1. The normalized spacial score (nSPS) is 9.50. The van der Waals surface area contributed by atoms with E-state index in [-0.39, 0.29) is 11.3 Å². The molecule has 0 aliphatic carbocycles. The van der Waals surface area contributed by atoms with Crippen LogP contribution in [0.15, 0.2) is 42.6 Å². The number of benzene rings is 1. The van der Waals surface area contributed by atoms with Crippen LogP contribution in [0, 0.1) is 11.3 Å². The minimum Gasteiger partial charge on any atom is -0.478 e. The number of nitrogens with zero attached hydrogens (tertiary/aromatic N) is 2. The Morgan fingerprint density at radius 3 is 2.56 bits per heavy atom. The topological polar surface area (TPSA) is 83.2 Å². The van der Waals surface area contributed by atoms with Crippen LogP contribution in [0.4, 0.5) is 0 Å². The van der Waals surface area contributed by atoms with Gasteiger partial charge in [0.15, 0.2) is 0 Å². The van der Waals surface area contributed by atoms with E-state index in [9.17, 15) is 4.79 Å². The van der Waals surface area contributed by atoms with Crippen molar-refractivity contribution in [3.8, 4) is 17.6 Å². The number of nitriles is 1. The predicted octanol–water partition coefficient (Wildman–Crippen LogP) is 2.44. The van der Waals surface area contributed by atoms with Gasteiger partial charge in [-0.15, -0.1) is 0 Å². The lowest BCUT2D eigenvalue weighted by Gasteiger charge is -2.05. The van der Waals surface area contributed by atoms with Crippen molar-refractivity contribution in [3.05, 3.63) is 53.9 Å². The molecule has 1 aromatic carbocycles. The van der Waals surface area contributed by atoms with Crippen molar-refractivity contribution >= 4 is 5.97 Å². The standard InChI is InChI=1S/C13H8N2O3/c14-8-10-7-12(5-6-15-10)18-11-3-1-9(2-4-11)13(16)17/h1-7H,(H,16,17). The van der Waals surface area contributed by atoms with Gasteiger partial charge in [0.05, 0.1) is 5.56 Å². The lowest BCUT2D eigenvalue weighted by atomic mass is 10.2. The van der Waals surface area contributed by atoms with Crippen molar-refractivity contribution in [3.63, 3.8) is 0 Å². The summed E-state index contributed by atoms with van der Waals surface area (Å²) in [6, 6.07) is 11.0. The number of aromatic nitrogens is 1. The van der Waals surface area contributed by atoms with E-state index in [1.54, 1.807) is 18.2 Å². The first-order valence-electron chi connectivity index (χ1n) is 5.06. The first-order chi connectivity index (χ1) is 8.69. The molecular formula is C13H8N2O3. The van der Waals surface area contributed by atoms with E-state index in [4.69, 9.17) is 15.1 Å². The molecule has 0 saturated carbocycles. The van der Waals surface area contributed by atoms with Crippen LogP contribution < -0.4 is 4.74 Å². The molecule has 0 atom stereocenters. The number of hydrogen-bond acceptors (Lipinski definition) is 4. The largest absolute Gasteiger partial charge is 0.478 e. The van der Waals surface area contributed by atoms with E-state index >= 15 is 0 Å². The highest BCUT2D eigenvalue weighted by atomic mass is 16.5. The van der Waals surface area contributed by atoms with Crippen LogP contribution in [0.5, 0.6) is 11.5 Å². The number of carbonyl (C=O) groups is 1. The van der Waals surface area contributed by atoms with Crippen molar-refractivity contribution in [1.29, 1.82) is 5.26 Å². The molecular weight excluding hydrogens is 232 g/mol. The van der Waals surface area contributed by atoms with Gasteiger partial charge in [-0.25, -0.2) is 9.78 Å². The van der Waals surface area contributed by atoms with Crippen LogP contribution in [0.1, 0.15) is 16.1 Å². The third kappa shape index (κ3) is 2.62. The number of hydrogen-bond donors (Lipinski definition) is 1. The highest BCUT2D eigenvalue weighted by molar-refractivity contribution is 5.87. The van der Waals surface area contributed by atoms with Crippen LogP contribution >= 0.6 is 0 Å². The van der Waals surface area contributed by atoms with Gasteiger partial charge in [0.1, 0.15) is 23.3 Å². The van der Waals surface area contributed by atoms with Gasteiger partial charge in [-0.1, -0.05) is 0 Å². The summed E-state index contributed by atoms with van der Waals surface area (Å²) >= 11 is 0. The monoisotopic (exact) mass is 240 g/mol. The summed E-state index contributed by atoms with van der Waals surface area (Å²) in [5.41, 5.74) is 0.449. The Morgan fingerprint density at radius 2 is 1.94 bits per heavy atom. The summed E-state index contributed by atoms with van der Waals surface area (Å²) < 4.78 is 5.47. The molecule has 5 nitrogen and oxygen atoms in total. The van der Waals surface area contributed by atoms with E-state index < -0.39 is 5.97 Å². The Labute approximate surface area is 103 Å². The van der Waals surface area contributed by atoms with Gasteiger partial charge in [-0.2, -0.15) is 5.26 Å². The summed E-state index contributed by atoms with van der Waals surface area (Å²) in [6.45, 7) is 0. The quantitative estimate of drug-likeness (QED) is 0.890. The predicted molar refractivity (Wildman–Crippen MR) is 62.4 cm³/mol. The van der Waals surface area contributed by atoms with E-state index in [0.29, 0.717) is 11.5 Å². The molecule has 0 fully saturated rings. The maximum absolute atomic E-state index is 10.7. The molecule has 0 amide bonds. The van der Waals surface area contributed by atoms with E-state index in [1.807, 2.05) is 6.07 Å². The van der Waals surface area contributed by atoms with Crippen molar-refractivity contribution in [2.24, 2.45) is 0 Å². The molecule has 0 aliphatic rings. The maximum atomic E-state index is 10.7. The van der Waals surface area contributed by atoms with Crippen molar-refractivity contribution in [2.45, 2.75) is 0 Å². The molecule has 1 aromatic heterocycles. The van der Waals surface area contributed by atoms with Gasteiger partial charge in [-0.3, -0.25) is 0 Å². The molecule has 0 aliphatic heterocycles.